The molecule has 1 saturated heterocycles. The van der Waals surface area contributed by atoms with Gasteiger partial charge < -0.3 is 24.7 Å². The fourth-order valence-corrected chi connectivity index (χ4v) is 4.01. The van der Waals surface area contributed by atoms with Crippen LogP contribution in [0.1, 0.15) is 40.3 Å². The highest BCUT2D eigenvalue weighted by Crippen LogP contribution is 2.18. The van der Waals surface area contributed by atoms with Crippen molar-refractivity contribution in [1.82, 2.24) is 10.2 Å². The Morgan fingerprint density at radius 1 is 1.06 bits per heavy atom. The smallest absolute Gasteiger partial charge is 0.251 e. The second kappa shape index (κ2) is 11.1. The number of carbonyl (C=O) groups excluding carboxylic acids is 1. The molecule has 1 fully saturated rings. The first-order valence-electron chi connectivity index (χ1n) is 11.3. The minimum atomic E-state index is -0.614. The SMILES string of the molecule is O=C(NC1CN(Cc2ccc(CO)o2)CCCC1O)c1ccc(OCc2ccccc2)cc1. The van der Waals surface area contributed by atoms with Gasteiger partial charge >= 0.3 is 0 Å². The van der Waals surface area contributed by atoms with Gasteiger partial charge in [0.15, 0.2) is 0 Å². The number of ether oxygens (including phenoxy) is 1. The van der Waals surface area contributed by atoms with Crippen LogP contribution in [0.15, 0.2) is 71.1 Å². The number of rotatable bonds is 8. The monoisotopic (exact) mass is 450 g/mol. The lowest BCUT2D eigenvalue weighted by atomic mass is 10.1. The van der Waals surface area contributed by atoms with Crippen molar-refractivity contribution in [3.63, 3.8) is 0 Å². The summed E-state index contributed by atoms with van der Waals surface area (Å²) in [7, 11) is 0. The highest BCUT2D eigenvalue weighted by Gasteiger charge is 2.27. The number of amides is 1. The van der Waals surface area contributed by atoms with Crippen LogP contribution in [0, 0.1) is 0 Å². The van der Waals surface area contributed by atoms with Crippen molar-refractivity contribution in [1.29, 1.82) is 0 Å². The maximum Gasteiger partial charge on any atom is 0.251 e. The molecule has 0 bridgehead atoms. The fourth-order valence-electron chi connectivity index (χ4n) is 4.01. The standard InChI is InChI=1S/C26H30N2O5/c29-17-23-13-12-22(33-23)15-28-14-4-7-25(30)24(16-28)27-26(31)20-8-10-21(11-9-20)32-18-19-5-2-1-3-6-19/h1-3,5-6,8-13,24-25,29-30H,4,7,14-18H2,(H,27,31). The first-order chi connectivity index (χ1) is 16.1. The van der Waals surface area contributed by atoms with E-state index in [1.54, 1.807) is 30.3 Å². The molecule has 0 aliphatic carbocycles. The van der Waals surface area contributed by atoms with E-state index in [1.807, 2.05) is 36.4 Å². The van der Waals surface area contributed by atoms with Gasteiger partial charge in [0.05, 0.1) is 18.7 Å². The Labute approximate surface area is 193 Å². The van der Waals surface area contributed by atoms with Gasteiger partial charge in [-0.15, -0.1) is 0 Å². The number of nitrogens with zero attached hydrogens (tertiary/aromatic N) is 1. The molecule has 0 radical (unpaired) electrons. The summed E-state index contributed by atoms with van der Waals surface area (Å²) in [4.78, 5) is 15.0. The Morgan fingerprint density at radius 2 is 1.82 bits per heavy atom. The highest BCUT2D eigenvalue weighted by molar-refractivity contribution is 5.94. The number of benzene rings is 2. The Morgan fingerprint density at radius 3 is 2.55 bits per heavy atom. The topological polar surface area (TPSA) is 95.2 Å². The number of carbonyl (C=O) groups is 1. The second-order valence-electron chi connectivity index (χ2n) is 8.35. The summed E-state index contributed by atoms with van der Waals surface area (Å²) in [5.41, 5.74) is 1.59. The molecule has 2 unspecified atom stereocenters. The molecule has 7 heteroatoms. The molecule has 33 heavy (non-hydrogen) atoms. The minimum Gasteiger partial charge on any atom is -0.489 e. The molecule has 1 aliphatic heterocycles. The maximum absolute atomic E-state index is 12.8. The number of likely N-dealkylation sites (tertiary alicyclic amines) is 1. The Bertz CT molecular complexity index is 1020. The van der Waals surface area contributed by atoms with E-state index in [0.717, 1.165) is 24.3 Å². The molecule has 0 saturated carbocycles. The molecular formula is C26H30N2O5. The largest absolute Gasteiger partial charge is 0.489 e. The number of aliphatic hydroxyl groups is 2. The van der Waals surface area contributed by atoms with Crippen molar-refractivity contribution >= 4 is 5.91 Å². The Balaban J connectivity index is 1.33. The maximum atomic E-state index is 12.8. The summed E-state index contributed by atoms with van der Waals surface area (Å²) in [6, 6.07) is 20.1. The van der Waals surface area contributed by atoms with Gasteiger partial charge in [0.1, 0.15) is 30.5 Å². The van der Waals surface area contributed by atoms with Crippen LogP contribution in [0.5, 0.6) is 5.75 Å². The normalized spacial score (nSPS) is 19.1. The van der Waals surface area contributed by atoms with Gasteiger partial charge in [-0.3, -0.25) is 9.69 Å². The number of hydrogen-bond acceptors (Lipinski definition) is 6. The molecular weight excluding hydrogens is 420 g/mol. The molecule has 1 aromatic heterocycles. The average Bonchev–Trinajstić information content (AvgIpc) is 3.23. The Kier molecular flexibility index (Phi) is 7.78. The van der Waals surface area contributed by atoms with Crippen LogP contribution in [0.4, 0.5) is 0 Å². The summed E-state index contributed by atoms with van der Waals surface area (Å²) >= 11 is 0. The number of furan rings is 1. The van der Waals surface area contributed by atoms with Crippen molar-refractivity contribution in [3.8, 4) is 5.75 Å². The van der Waals surface area contributed by atoms with Gasteiger partial charge in [0.25, 0.3) is 5.91 Å². The molecule has 174 valence electrons. The van der Waals surface area contributed by atoms with Crippen molar-refractivity contribution in [2.45, 2.75) is 44.7 Å². The molecule has 7 nitrogen and oxygen atoms in total. The van der Waals surface area contributed by atoms with Crippen molar-refractivity contribution < 1.29 is 24.2 Å². The van der Waals surface area contributed by atoms with Crippen LogP contribution in [0.3, 0.4) is 0 Å². The number of hydrogen-bond donors (Lipinski definition) is 3. The molecule has 4 rings (SSSR count). The Hall–Kier alpha value is -3.13. The third-order valence-electron chi connectivity index (χ3n) is 5.83. The van der Waals surface area contributed by atoms with Crippen LogP contribution >= 0.6 is 0 Å². The summed E-state index contributed by atoms with van der Waals surface area (Å²) < 4.78 is 11.4. The molecule has 3 N–H and O–H groups in total. The average molecular weight is 451 g/mol. The summed E-state index contributed by atoms with van der Waals surface area (Å²) in [6.07, 6.45) is 0.833. The van der Waals surface area contributed by atoms with Gasteiger partial charge in [-0.2, -0.15) is 0 Å². The van der Waals surface area contributed by atoms with Gasteiger partial charge in [0, 0.05) is 12.1 Å². The van der Waals surface area contributed by atoms with E-state index in [0.29, 0.717) is 43.2 Å². The molecule has 2 heterocycles. The zero-order chi connectivity index (χ0) is 23.0. The molecule has 3 aromatic rings. The summed E-state index contributed by atoms with van der Waals surface area (Å²) in [5, 5.41) is 22.8. The lowest BCUT2D eigenvalue weighted by molar-refractivity contribution is 0.0794. The van der Waals surface area contributed by atoms with Crippen LogP contribution in [-0.4, -0.2) is 46.3 Å². The van der Waals surface area contributed by atoms with Gasteiger partial charge in [-0.25, -0.2) is 0 Å². The number of aliphatic hydroxyl groups excluding tert-OH is 2. The number of nitrogens with one attached hydrogen (secondary N) is 1. The van der Waals surface area contributed by atoms with Crippen molar-refractivity contribution in [3.05, 3.63) is 89.4 Å². The third kappa shape index (κ3) is 6.44. The van der Waals surface area contributed by atoms with Gasteiger partial charge in [-0.05, 0) is 61.3 Å². The van der Waals surface area contributed by atoms with E-state index < -0.39 is 6.10 Å². The van der Waals surface area contributed by atoms with E-state index in [4.69, 9.17) is 9.15 Å². The first kappa shape index (κ1) is 23.0. The third-order valence-corrected chi connectivity index (χ3v) is 5.83. The predicted molar refractivity (Wildman–Crippen MR) is 124 cm³/mol. The highest BCUT2D eigenvalue weighted by atomic mass is 16.5. The first-order valence-corrected chi connectivity index (χ1v) is 11.3. The van der Waals surface area contributed by atoms with E-state index >= 15 is 0 Å². The van der Waals surface area contributed by atoms with Crippen LogP contribution in [0.2, 0.25) is 0 Å². The lowest BCUT2D eigenvalue weighted by Gasteiger charge is -2.26. The van der Waals surface area contributed by atoms with Crippen molar-refractivity contribution in [2.24, 2.45) is 0 Å². The molecule has 1 amide bonds. The zero-order valence-electron chi connectivity index (χ0n) is 18.5. The minimum absolute atomic E-state index is 0.131. The van der Waals surface area contributed by atoms with Crippen LogP contribution < -0.4 is 10.1 Å². The summed E-state index contributed by atoms with van der Waals surface area (Å²) in [5.74, 6) is 1.75. The molecule has 0 spiro atoms. The van der Waals surface area contributed by atoms with E-state index in [1.165, 1.54) is 0 Å². The zero-order valence-corrected chi connectivity index (χ0v) is 18.5. The van der Waals surface area contributed by atoms with Gasteiger partial charge in [0.2, 0.25) is 0 Å². The van der Waals surface area contributed by atoms with E-state index in [2.05, 4.69) is 10.2 Å². The molecule has 2 atom stereocenters. The van der Waals surface area contributed by atoms with E-state index in [-0.39, 0.29) is 18.6 Å². The van der Waals surface area contributed by atoms with Crippen LogP contribution in [0.25, 0.3) is 0 Å². The van der Waals surface area contributed by atoms with Crippen LogP contribution in [-0.2, 0) is 19.8 Å². The predicted octanol–water partition coefficient (Wildman–Crippen LogP) is 3.11. The fraction of sp³-hybridized carbons (Fsp3) is 0.346. The second-order valence-corrected chi connectivity index (χ2v) is 8.35. The van der Waals surface area contributed by atoms with Gasteiger partial charge in [-0.1, -0.05) is 30.3 Å². The lowest BCUT2D eigenvalue weighted by Crippen LogP contribution is -2.48. The molecule has 1 aliphatic rings. The molecule has 2 aromatic carbocycles. The quantitative estimate of drug-likeness (QED) is 0.488. The summed E-state index contributed by atoms with van der Waals surface area (Å²) in [6.45, 7) is 2.21. The van der Waals surface area contributed by atoms with E-state index in [9.17, 15) is 15.0 Å². The van der Waals surface area contributed by atoms with Crippen molar-refractivity contribution in [2.75, 3.05) is 13.1 Å².